The third-order valence-electron chi connectivity index (χ3n) is 2.26. The van der Waals surface area contributed by atoms with Crippen molar-refractivity contribution >= 4 is 16.0 Å². The molecule has 1 saturated heterocycles. The molecule has 1 aromatic heterocycles. The lowest BCUT2D eigenvalue weighted by Gasteiger charge is -2.21. The normalized spacial score (nSPS) is 18.9. The predicted molar refractivity (Wildman–Crippen MR) is 52.8 cm³/mol. The smallest absolute Gasteiger partial charge is 0.238 e. The molecule has 0 atom stereocenters. The van der Waals surface area contributed by atoms with Crippen molar-refractivity contribution in [3.05, 3.63) is 6.33 Å². The summed E-state index contributed by atoms with van der Waals surface area (Å²) in [5.74, 6) is 0.154. The molecule has 0 saturated carbocycles. The fourth-order valence-corrected chi connectivity index (χ4v) is 2.81. The summed E-state index contributed by atoms with van der Waals surface area (Å²) in [6, 6.07) is 0. The summed E-state index contributed by atoms with van der Waals surface area (Å²) >= 11 is 0. The molecule has 0 unspecified atom stereocenters. The summed E-state index contributed by atoms with van der Waals surface area (Å²) in [6.45, 7) is 0.976. The van der Waals surface area contributed by atoms with E-state index in [9.17, 15) is 8.42 Å². The molecule has 84 valence electrons. The Balaban J connectivity index is 2.05. The maximum atomic E-state index is 11.8. The highest BCUT2D eigenvalue weighted by molar-refractivity contribution is 7.93. The Bertz CT molecular complexity index is 396. The average molecular weight is 232 g/mol. The number of aromatic nitrogens is 3. The summed E-state index contributed by atoms with van der Waals surface area (Å²) < 4.78 is 31.1. The molecular formula is C7H12N4O3S. The average Bonchev–Trinajstić information content (AvgIpc) is 2.71. The molecule has 2 N–H and O–H groups in total. The minimum Gasteiger partial charge on any atom is -0.381 e. The van der Waals surface area contributed by atoms with Gasteiger partial charge in [0.25, 0.3) is 0 Å². The summed E-state index contributed by atoms with van der Waals surface area (Å²) in [5, 5.41) is 5.61. The molecule has 7 nitrogen and oxygen atoms in total. The minimum absolute atomic E-state index is 0.154. The van der Waals surface area contributed by atoms with E-state index >= 15 is 0 Å². The molecule has 0 amide bonds. The Kier molecular flexibility index (Phi) is 2.87. The van der Waals surface area contributed by atoms with Crippen LogP contribution in [0.2, 0.25) is 0 Å². The first kappa shape index (κ1) is 10.4. The third-order valence-corrected chi connectivity index (χ3v) is 4.09. The fourth-order valence-electron chi connectivity index (χ4n) is 1.46. The number of rotatable bonds is 3. The monoisotopic (exact) mass is 232 g/mol. The van der Waals surface area contributed by atoms with Crippen LogP contribution in [0.5, 0.6) is 0 Å². The first-order chi connectivity index (χ1) is 7.18. The zero-order valence-electron chi connectivity index (χ0n) is 8.01. The number of hydrogen-bond acceptors (Lipinski definition) is 5. The van der Waals surface area contributed by atoms with Crippen LogP contribution in [0.3, 0.4) is 0 Å². The topological polar surface area (TPSA) is 97.0 Å². The minimum atomic E-state index is -3.37. The van der Waals surface area contributed by atoms with Crippen molar-refractivity contribution in [3.63, 3.8) is 0 Å². The molecule has 0 bridgehead atoms. The van der Waals surface area contributed by atoms with Crippen LogP contribution in [0, 0.1) is 0 Å². The molecule has 1 aromatic rings. The summed E-state index contributed by atoms with van der Waals surface area (Å²) in [6.07, 6.45) is 2.29. The number of anilines is 1. The fraction of sp³-hybridized carbons (Fsp3) is 0.714. The van der Waals surface area contributed by atoms with Crippen molar-refractivity contribution in [2.75, 3.05) is 17.9 Å². The molecule has 0 aromatic carbocycles. The maximum Gasteiger partial charge on any atom is 0.238 e. The van der Waals surface area contributed by atoms with Gasteiger partial charge in [0.1, 0.15) is 6.33 Å². The van der Waals surface area contributed by atoms with Crippen molar-refractivity contribution in [2.45, 2.75) is 18.1 Å². The van der Waals surface area contributed by atoms with Gasteiger partial charge in [-0.3, -0.25) is 4.72 Å². The van der Waals surface area contributed by atoms with E-state index in [-0.39, 0.29) is 5.95 Å². The van der Waals surface area contributed by atoms with Gasteiger partial charge in [-0.25, -0.2) is 13.5 Å². The molecular weight excluding hydrogens is 220 g/mol. The van der Waals surface area contributed by atoms with Crippen LogP contribution in [0.1, 0.15) is 12.8 Å². The highest BCUT2D eigenvalue weighted by Gasteiger charge is 2.28. The summed E-state index contributed by atoms with van der Waals surface area (Å²) in [5.41, 5.74) is 0. The van der Waals surface area contributed by atoms with E-state index in [1.54, 1.807) is 0 Å². The number of ether oxygens (including phenoxy) is 1. The van der Waals surface area contributed by atoms with Gasteiger partial charge in [0.2, 0.25) is 16.0 Å². The van der Waals surface area contributed by atoms with Crippen molar-refractivity contribution in [3.8, 4) is 0 Å². The van der Waals surface area contributed by atoms with Gasteiger partial charge in [0.15, 0.2) is 0 Å². The van der Waals surface area contributed by atoms with Gasteiger partial charge < -0.3 is 4.74 Å². The van der Waals surface area contributed by atoms with E-state index in [0.717, 1.165) is 0 Å². The van der Waals surface area contributed by atoms with Crippen molar-refractivity contribution in [1.29, 1.82) is 0 Å². The van der Waals surface area contributed by atoms with Crippen LogP contribution in [-0.4, -0.2) is 42.1 Å². The molecule has 1 aliphatic heterocycles. The lowest BCUT2D eigenvalue weighted by molar-refractivity contribution is 0.0984. The molecule has 1 fully saturated rings. The van der Waals surface area contributed by atoms with Gasteiger partial charge in [-0.2, -0.15) is 10.1 Å². The number of nitrogens with zero attached hydrogens (tertiary/aromatic N) is 2. The zero-order valence-corrected chi connectivity index (χ0v) is 8.83. The predicted octanol–water partition coefficient (Wildman–Crippen LogP) is -0.275. The van der Waals surface area contributed by atoms with Crippen LogP contribution in [-0.2, 0) is 14.8 Å². The Morgan fingerprint density at radius 1 is 1.47 bits per heavy atom. The van der Waals surface area contributed by atoms with Gasteiger partial charge in [0.05, 0.1) is 5.25 Å². The van der Waals surface area contributed by atoms with E-state index in [4.69, 9.17) is 4.74 Å². The number of sulfonamides is 1. The second-order valence-corrected chi connectivity index (χ2v) is 5.25. The van der Waals surface area contributed by atoms with E-state index in [1.165, 1.54) is 6.33 Å². The van der Waals surface area contributed by atoms with E-state index in [0.29, 0.717) is 26.1 Å². The lowest BCUT2D eigenvalue weighted by atomic mass is 10.2. The molecule has 0 radical (unpaired) electrons. The number of aromatic amines is 1. The SMILES string of the molecule is O=S(=O)(Nc1ncn[nH]1)C1CCOCC1. The van der Waals surface area contributed by atoms with Gasteiger partial charge in [0, 0.05) is 13.2 Å². The highest BCUT2D eigenvalue weighted by Crippen LogP contribution is 2.16. The van der Waals surface area contributed by atoms with Crippen LogP contribution >= 0.6 is 0 Å². The van der Waals surface area contributed by atoms with Gasteiger partial charge in [-0.15, -0.1) is 0 Å². The molecule has 8 heteroatoms. The Morgan fingerprint density at radius 2 is 2.20 bits per heavy atom. The third kappa shape index (κ3) is 2.45. The zero-order chi connectivity index (χ0) is 10.7. The maximum absolute atomic E-state index is 11.8. The van der Waals surface area contributed by atoms with Crippen molar-refractivity contribution in [2.24, 2.45) is 0 Å². The molecule has 2 rings (SSSR count). The Labute approximate surface area is 87.3 Å². The first-order valence-electron chi connectivity index (χ1n) is 4.63. The van der Waals surface area contributed by atoms with Gasteiger partial charge in [-0.1, -0.05) is 0 Å². The van der Waals surface area contributed by atoms with Crippen molar-refractivity contribution < 1.29 is 13.2 Å². The standard InChI is InChI=1S/C7H12N4O3S/c12-15(13,6-1-3-14-4-2-6)11-7-8-5-9-10-7/h5-6H,1-4H2,(H2,8,9,10,11). The number of hydrogen-bond donors (Lipinski definition) is 2. The number of nitrogens with one attached hydrogen (secondary N) is 2. The van der Waals surface area contributed by atoms with Crippen LogP contribution in [0.15, 0.2) is 6.33 Å². The summed E-state index contributed by atoms with van der Waals surface area (Å²) in [7, 11) is -3.37. The van der Waals surface area contributed by atoms with Crippen molar-refractivity contribution in [1.82, 2.24) is 15.2 Å². The van der Waals surface area contributed by atoms with Gasteiger partial charge in [-0.05, 0) is 12.8 Å². The van der Waals surface area contributed by atoms with Gasteiger partial charge >= 0.3 is 0 Å². The molecule has 0 aliphatic carbocycles. The second-order valence-electron chi connectivity index (χ2n) is 3.29. The van der Waals surface area contributed by atoms with Crippen LogP contribution in [0.4, 0.5) is 5.95 Å². The summed E-state index contributed by atoms with van der Waals surface area (Å²) in [4.78, 5) is 3.71. The highest BCUT2D eigenvalue weighted by atomic mass is 32.2. The lowest BCUT2D eigenvalue weighted by Crippen LogP contribution is -2.33. The van der Waals surface area contributed by atoms with Crippen LogP contribution < -0.4 is 4.72 Å². The molecule has 0 spiro atoms. The quantitative estimate of drug-likeness (QED) is 0.747. The van der Waals surface area contributed by atoms with E-state index in [2.05, 4.69) is 19.9 Å². The largest absolute Gasteiger partial charge is 0.381 e. The molecule has 2 heterocycles. The molecule has 1 aliphatic rings. The number of H-pyrrole nitrogens is 1. The van der Waals surface area contributed by atoms with E-state index in [1.807, 2.05) is 0 Å². The van der Waals surface area contributed by atoms with Crippen LogP contribution in [0.25, 0.3) is 0 Å². The molecule has 15 heavy (non-hydrogen) atoms. The first-order valence-corrected chi connectivity index (χ1v) is 6.18. The second kappa shape index (κ2) is 4.15. The van der Waals surface area contributed by atoms with E-state index < -0.39 is 15.3 Å². The Morgan fingerprint density at radius 3 is 2.80 bits per heavy atom. The Hall–Kier alpha value is -1.15.